The van der Waals surface area contributed by atoms with Gasteiger partial charge in [-0.05, 0) is 42.7 Å². The predicted molar refractivity (Wildman–Crippen MR) is 123 cm³/mol. The Kier molecular flexibility index (Phi) is 8.23. The van der Waals surface area contributed by atoms with Crippen LogP contribution in [0.2, 0.25) is 0 Å². The van der Waals surface area contributed by atoms with Crippen molar-refractivity contribution in [2.75, 3.05) is 20.3 Å². The summed E-state index contributed by atoms with van der Waals surface area (Å²) in [7, 11) is 1.57. The van der Waals surface area contributed by atoms with Crippen LogP contribution in [0.4, 0.5) is 0 Å². The Morgan fingerprint density at radius 3 is 2.23 bits per heavy atom. The number of methoxy groups -OCH3 is 1. The van der Waals surface area contributed by atoms with Gasteiger partial charge in [-0.2, -0.15) is 4.99 Å². The van der Waals surface area contributed by atoms with Crippen LogP contribution in [0.3, 0.4) is 0 Å². The second kappa shape index (κ2) is 11.6. The van der Waals surface area contributed by atoms with Crippen molar-refractivity contribution in [2.24, 2.45) is 4.99 Å². The van der Waals surface area contributed by atoms with Gasteiger partial charge in [-0.3, -0.25) is 4.79 Å². The topological polar surface area (TPSA) is 51.1 Å². The Labute approximate surface area is 184 Å². The fourth-order valence-corrected chi connectivity index (χ4v) is 3.19. The largest absolute Gasteiger partial charge is 0.497 e. The number of amides is 1. The minimum Gasteiger partial charge on any atom is -0.497 e. The van der Waals surface area contributed by atoms with Gasteiger partial charge in [-0.15, -0.1) is 0 Å². The van der Waals surface area contributed by atoms with Crippen molar-refractivity contribution in [2.45, 2.75) is 19.9 Å². The van der Waals surface area contributed by atoms with Crippen LogP contribution in [-0.4, -0.2) is 37.1 Å². The Morgan fingerprint density at radius 2 is 1.58 bits per heavy atom. The average Bonchev–Trinajstić information content (AvgIpc) is 2.82. The van der Waals surface area contributed by atoms with Crippen molar-refractivity contribution in [1.29, 1.82) is 0 Å². The van der Waals surface area contributed by atoms with Gasteiger partial charge in [0.1, 0.15) is 5.75 Å². The number of rotatable bonds is 8. The Hall–Kier alpha value is -3.60. The van der Waals surface area contributed by atoms with E-state index in [0.717, 1.165) is 12.0 Å². The third kappa shape index (κ3) is 6.71. The van der Waals surface area contributed by atoms with Gasteiger partial charge in [-0.25, -0.2) is 0 Å². The number of nitrogens with zero attached hydrogens (tertiary/aromatic N) is 2. The molecule has 160 valence electrons. The monoisotopic (exact) mass is 416 g/mol. The predicted octanol–water partition coefficient (Wildman–Crippen LogP) is 4.97. The van der Waals surface area contributed by atoms with Crippen molar-refractivity contribution in [3.63, 3.8) is 0 Å². The maximum Gasteiger partial charge on any atom is 0.295 e. The number of ether oxygens (including phenoxy) is 2. The first-order valence-corrected chi connectivity index (χ1v) is 10.4. The molecule has 31 heavy (non-hydrogen) atoms. The SMILES string of the molecule is CCOC(=NC(=O)c1cccc(OC)c1)N(CCc1ccccc1)Cc1ccccc1. The summed E-state index contributed by atoms with van der Waals surface area (Å²) in [5.41, 5.74) is 2.80. The van der Waals surface area contributed by atoms with Crippen LogP contribution in [0.1, 0.15) is 28.4 Å². The molecule has 0 fully saturated rings. The van der Waals surface area contributed by atoms with Crippen molar-refractivity contribution in [3.05, 3.63) is 102 Å². The van der Waals surface area contributed by atoms with Gasteiger partial charge in [-0.1, -0.05) is 66.7 Å². The standard InChI is InChI=1S/C26H28N2O3/c1-3-31-26(27-25(29)23-15-10-16-24(19-23)30-2)28(20-22-13-8-5-9-14-22)18-17-21-11-6-4-7-12-21/h4-16,19H,3,17-18,20H2,1-2H3. The molecular weight excluding hydrogens is 388 g/mol. The number of benzene rings is 3. The van der Waals surface area contributed by atoms with Crippen LogP contribution in [0.25, 0.3) is 0 Å². The first kappa shape index (κ1) is 22.1. The highest BCUT2D eigenvalue weighted by molar-refractivity contribution is 6.01. The molecule has 0 atom stereocenters. The lowest BCUT2D eigenvalue weighted by Gasteiger charge is -2.25. The lowest BCUT2D eigenvalue weighted by molar-refractivity contribution is 0.0993. The van der Waals surface area contributed by atoms with E-state index >= 15 is 0 Å². The van der Waals surface area contributed by atoms with Gasteiger partial charge >= 0.3 is 0 Å². The molecular formula is C26H28N2O3. The minimum atomic E-state index is -0.361. The summed E-state index contributed by atoms with van der Waals surface area (Å²) < 4.78 is 11.1. The summed E-state index contributed by atoms with van der Waals surface area (Å²) in [4.78, 5) is 19.2. The first-order valence-electron chi connectivity index (χ1n) is 10.4. The van der Waals surface area contributed by atoms with Crippen molar-refractivity contribution >= 4 is 11.9 Å². The molecule has 0 radical (unpaired) electrons. The summed E-state index contributed by atoms with van der Waals surface area (Å²) in [6, 6.07) is 27.7. The molecule has 0 heterocycles. The number of amidine groups is 1. The molecule has 3 aromatic rings. The van der Waals surface area contributed by atoms with Crippen LogP contribution < -0.4 is 4.74 Å². The molecule has 0 N–H and O–H groups in total. The fourth-order valence-electron chi connectivity index (χ4n) is 3.19. The molecule has 0 saturated carbocycles. The van der Waals surface area contributed by atoms with E-state index in [1.54, 1.807) is 31.4 Å². The van der Waals surface area contributed by atoms with E-state index < -0.39 is 0 Å². The zero-order valence-corrected chi connectivity index (χ0v) is 18.0. The van der Waals surface area contributed by atoms with Crippen molar-refractivity contribution in [3.8, 4) is 5.75 Å². The molecule has 3 aromatic carbocycles. The summed E-state index contributed by atoms with van der Waals surface area (Å²) >= 11 is 0. The molecule has 0 unspecified atom stereocenters. The minimum absolute atomic E-state index is 0.329. The quantitative estimate of drug-likeness (QED) is 0.384. The zero-order chi connectivity index (χ0) is 21.9. The van der Waals surface area contributed by atoms with Gasteiger partial charge in [0.25, 0.3) is 11.9 Å². The van der Waals surface area contributed by atoms with Crippen LogP contribution in [0.15, 0.2) is 89.9 Å². The highest BCUT2D eigenvalue weighted by Crippen LogP contribution is 2.15. The van der Waals surface area contributed by atoms with E-state index in [1.165, 1.54) is 5.56 Å². The normalized spacial score (nSPS) is 11.1. The third-order valence-electron chi connectivity index (χ3n) is 4.79. The second-order valence-electron chi connectivity index (χ2n) is 7.01. The summed E-state index contributed by atoms with van der Waals surface area (Å²) in [6.45, 7) is 3.57. The molecule has 5 nitrogen and oxygen atoms in total. The van der Waals surface area contributed by atoms with Crippen LogP contribution in [0, 0.1) is 0 Å². The van der Waals surface area contributed by atoms with E-state index in [2.05, 4.69) is 29.3 Å². The zero-order valence-electron chi connectivity index (χ0n) is 18.0. The van der Waals surface area contributed by atoms with Gasteiger partial charge in [0.05, 0.1) is 13.7 Å². The number of hydrogen-bond donors (Lipinski definition) is 0. The van der Waals surface area contributed by atoms with Crippen LogP contribution >= 0.6 is 0 Å². The molecule has 1 amide bonds. The average molecular weight is 417 g/mol. The van der Waals surface area contributed by atoms with Crippen molar-refractivity contribution < 1.29 is 14.3 Å². The highest BCUT2D eigenvalue weighted by Gasteiger charge is 2.17. The molecule has 0 aliphatic rings. The molecule has 0 spiro atoms. The Bertz CT molecular complexity index is 988. The molecule has 0 bridgehead atoms. The lowest BCUT2D eigenvalue weighted by atomic mass is 10.1. The second-order valence-corrected chi connectivity index (χ2v) is 7.01. The Balaban J connectivity index is 1.87. The van der Waals surface area contributed by atoms with Gasteiger partial charge in [0, 0.05) is 18.7 Å². The van der Waals surface area contributed by atoms with E-state index in [9.17, 15) is 4.79 Å². The molecule has 3 rings (SSSR count). The number of carbonyl (C=O) groups excluding carboxylic acids is 1. The summed E-state index contributed by atoms with van der Waals surface area (Å²) in [6.07, 6.45) is 0.813. The van der Waals surface area contributed by atoms with E-state index in [0.29, 0.717) is 37.0 Å². The molecule has 0 aromatic heterocycles. The number of aliphatic imine (C=N–C) groups is 1. The summed E-state index contributed by atoms with van der Waals surface area (Å²) in [5.74, 6) is 0.254. The van der Waals surface area contributed by atoms with Crippen molar-refractivity contribution in [1.82, 2.24) is 4.90 Å². The fraction of sp³-hybridized carbons (Fsp3) is 0.231. The van der Waals surface area contributed by atoms with Crippen LogP contribution in [0.5, 0.6) is 5.75 Å². The molecule has 0 aliphatic carbocycles. The smallest absolute Gasteiger partial charge is 0.295 e. The van der Waals surface area contributed by atoms with Crippen LogP contribution in [-0.2, 0) is 17.7 Å². The third-order valence-corrected chi connectivity index (χ3v) is 4.79. The van der Waals surface area contributed by atoms with Gasteiger partial charge in [0.2, 0.25) is 0 Å². The lowest BCUT2D eigenvalue weighted by Crippen LogP contribution is -2.35. The Morgan fingerprint density at radius 1 is 0.903 bits per heavy atom. The molecule has 5 heteroatoms. The van der Waals surface area contributed by atoms with E-state index in [-0.39, 0.29) is 5.91 Å². The maximum absolute atomic E-state index is 12.9. The van der Waals surface area contributed by atoms with E-state index in [1.807, 2.05) is 48.2 Å². The number of carbonyl (C=O) groups is 1. The maximum atomic E-state index is 12.9. The van der Waals surface area contributed by atoms with Gasteiger partial charge in [0.15, 0.2) is 0 Å². The van der Waals surface area contributed by atoms with E-state index in [4.69, 9.17) is 9.47 Å². The highest BCUT2D eigenvalue weighted by atomic mass is 16.5. The molecule has 0 aliphatic heterocycles. The van der Waals surface area contributed by atoms with Gasteiger partial charge < -0.3 is 14.4 Å². The first-order chi connectivity index (χ1) is 15.2. The molecule has 0 saturated heterocycles. The number of hydrogen-bond acceptors (Lipinski definition) is 3. The summed E-state index contributed by atoms with van der Waals surface area (Å²) in [5, 5.41) is 0.